The van der Waals surface area contributed by atoms with E-state index in [-0.39, 0.29) is 13.0 Å². The van der Waals surface area contributed by atoms with Crippen molar-refractivity contribution in [3.8, 4) is 11.8 Å². The van der Waals surface area contributed by atoms with Crippen molar-refractivity contribution < 1.29 is 14.3 Å². The molecule has 1 aromatic carbocycles. The Bertz CT molecular complexity index is 443. The van der Waals surface area contributed by atoms with E-state index in [0.29, 0.717) is 6.61 Å². The van der Waals surface area contributed by atoms with Crippen molar-refractivity contribution in [3.63, 3.8) is 0 Å². The normalized spacial score (nSPS) is 10.0. The lowest BCUT2D eigenvalue weighted by atomic mass is 10.2. The monoisotopic (exact) mass is 245 g/mol. The van der Waals surface area contributed by atoms with Gasteiger partial charge in [0, 0.05) is 6.08 Å². The molecule has 1 rings (SSSR count). The maximum absolute atomic E-state index is 11.2. The fourth-order valence-electron chi connectivity index (χ4n) is 1.25. The molecule has 0 aliphatic carbocycles. The smallest absolute Gasteiger partial charge is 0.330 e. The Labute approximate surface area is 106 Å². The molecule has 0 aliphatic rings. The summed E-state index contributed by atoms with van der Waals surface area (Å²) in [6.45, 7) is 2.68. The molecule has 4 heteroatoms. The van der Waals surface area contributed by atoms with Crippen LogP contribution < -0.4 is 4.74 Å². The topological polar surface area (TPSA) is 59.3 Å². The zero-order valence-corrected chi connectivity index (χ0v) is 10.3. The van der Waals surface area contributed by atoms with Gasteiger partial charge in [0.2, 0.25) is 0 Å². The number of carbonyl (C=O) groups excluding carboxylic acids is 1. The van der Waals surface area contributed by atoms with Crippen LogP contribution in [0.4, 0.5) is 0 Å². The van der Waals surface area contributed by atoms with Crippen LogP contribution in [0.25, 0.3) is 6.08 Å². The average Bonchev–Trinajstić information content (AvgIpc) is 2.39. The molecule has 0 unspecified atom stereocenters. The molecule has 0 atom stereocenters. The highest BCUT2D eigenvalue weighted by Crippen LogP contribution is 2.12. The van der Waals surface area contributed by atoms with Crippen LogP contribution in [0.15, 0.2) is 30.3 Å². The van der Waals surface area contributed by atoms with Gasteiger partial charge in [-0.05, 0) is 30.7 Å². The van der Waals surface area contributed by atoms with Crippen molar-refractivity contribution in [2.45, 2.75) is 13.3 Å². The lowest BCUT2D eigenvalue weighted by molar-refractivity contribution is -0.137. The molecule has 0 spiro atoms. The Morgan fingerprint density at radius 1 is 1.39 bits per heavy atom. The van der Waals surface area contributed by atoms with E-state index in [2.05, 4.69) is 0 Å². The number of benzene rings is 1. The van der Waals surface area contributed by atoms with Crippen LogP contribution in [-0.4, -0.2) is 19.2 Å². The molecule has 0 bridgehead atoms. The number of hydrogen-bond donors (Lipinski definition) is 0. The first-order chi connectivity index (χ1) is 8.76. The van der Waals surface area contributed by atoms with E-state index in [1.54, 1.807) is 6.08 Å². The molecule has 0 N–H and O–H groups in total. The Morgan fingerprint density at radius 2 is 2.11 bits per heavy atom. The molecule has 0 aliphatic heterocycles. The van der Waals surface area contributed by atoms with E-state index < -0.39 is 5.97 Å². The molecular weight excluding hydrogens is 230 g/mol. The second-order valence-electron chi connectivity index (χ2n) is 3.41. The first-order valence-corrected chi connectivity index (χ1v) is 5.71. The van der Waals surface area contributed by atoms with Crippen LogP contribution in [-0.2, 0) is 9.53 Å². The molecule has 0 radical (unpaired) electrons. The summed E-state index contributed by atoms with van der Waals surface area (Å²) in [5, 5.41) is 8.29. The highest BCUT2D eigenvalue weighted by molar-refractivity contribution is 5.87. The van der Waals surface area contributed by atoms with E-state index in [4.69, 9.17) is 14.7 Å². The van der Waals surface area contributed by atoms with E-state index >= 15 is 0 Å². The SMILES string of the molecule is CCOc1ccc(/C=C/C(=O)OCCC#N)cc1. The molecule has 4 nitrogen and oxygen atoms in total. The van der Waals surface area contributed by atoms with Gasteiger partial charge in [-0.1, -0.05) is 12.1 Å². The zero-order valence-electron chi connectivity index (χ0n) is 10.3. The molecule has 18 heavy (non-hydrogen) atoms. The third kappa shape index (κ3) is 5.17. The van der Waals surface area contributed by atoms with Crippen LogP contribution in [0, 0.1) is 11.3 Å². The zero-order chi connectivity index (χ0) is 13.2. The summed E-state index contributed by atoms with van der Waals surface area (Å²) < 4.78 is 10.1. The minimum atomic E-state index is -0.445. The molecular formula is C14H15NO3. The summed E-state index contributed by atoms with van der Waals surface area (Å²) in [6, 6.07) is 9.28. The van der Waals surface area contributed by atoms with Crippen LogP contribution in [0.5, 0.6) is 5.75 Å². The third-order valence-corrected chi connectivity index (χ3v) is 2.06. The van der Waals surface area contributed by atoms with Crippen molar-refractivity contribution in [2.75, 3.05) is 13.2 Å². The summed E-state index contributed by atoms with van der Waals surface area (Å²) in [5.41, 5.74) is 0.885. The van der Waals surface area contributed by atoms with Gasteiger partial charge in [-0.15, -0.1) is 0 Å². The molecule has 94 valence electrons. The van der Waals surface area contributed by atoms with Gasteiger partial charge in [-0.2, -0.15) is 5.26 Å². The maximum atomic E-state index is 11.2. The fourth-order valence-corrected chi connectivity index (χ4v) is 1.25. The highest BCUT2D eigenvalue weighted by atomic mass is 16.5. The summed E-state index contributed by atoms with van der Waals surface area (Å²) in [5.74, 6) is 0.352. The van der Waals surface area contributed by atoms with Crippen molar-refractivity contribution >= 4 is 12.0 Å². The number of hydrogen-bond acceptors (Lipinski definition) is 4. The van der Waals surface area contributed by atoms with Gasteiger partial charge in [-0.3, -0.25) is 0 Å². The molecule has 0 saturated heterocycles. The third-order valence-electron chi connectivity index (χ3n) is 2.06. The standard InChI is InChI=1S/C14H15NO3/c1-2-17-13-7-4-12(5-8-13)6-9-14(16)18-11-3-10-15/h4-9H,2-3,11H2,1H3/b9-6+. The van der Waals surface area contributed by atoms with Gasteiger partial charge in [0.05, 0.1) is 19.1 Å². The van der Waals surface area contributed by atoms with Crippen LogP contribution in [0.2, 0.25) is 0 Å². The number of nitriles is 1. The molecule has 0 fully saturated rings. The number of ether oxygens (including phenoxy) is 2. The van der Waals surface area contributed by atoms with E-state index in [9.17, 15) is 4.79 Å². The second-order valence-corrected chi connectivity index (χ2v) is 3.41. The van der Waals surface area contributed by atoms with Gasteiger partial charge in [0.1, 0.15) is 12.4 Å². The van der Waals surface area contributed by atoms with Gasteiger partial charge < -0.3 is 9.47 Å². The predicted octanol–water partition coefficient (Wildman–Crippen LogP) is 2.56. The Morgan fingerprint density at radius 3 is 2.72 bits per heavy atom. The van der Waals surface area contributed by atoms with Crippen LogP contribution in [0.3, 0.4) is 0 Å². The first-order valence-electron chi connectivity index (χ1n) is 5.71. The minimum absolute atomic E-state index is 0.128. The predicted molar refractivity (Wildman–Crippen MR) is 67.8 cm³/mol. The van der Waals surface area contributed by atoms with Crippen molar-refractivity contribution in [1.82, 2.24) is 0 Å². The van der Waals surface area contributed by atoms with Crippen molar-refractivity contribution in [3.05, 3.63) is 35.9 Å². The Kier molecular flexibility index (Phi) is 6.05. The molecule has 0 heterocycles. The summed E-state index contributed by atoms with van der Waals surface area (Å²) in [4.78, 5) is 11.2. The largest absolute Gasteiger partial charge is 0.494 e. The first kappa shape index (κ1) is 13.8. The van der Waals surface area contributed by atoms with Crippen molar-refractivity contribution in [2.24, 2.45) is 0 Å². The molecule has 0 saturated carbocycles. The van der Waals surface area contributed by atoms with Gasteiger partial charge in [-0.25, -0.2) is 4.79 Å². The highest BCUT2D eigenvalue weighted by Gasteiger charge is 1.96. The van der Waals surface area contributed by atoms with E-state index in [1.807, 2.05) is 37.3 Å². The lowest BCUT2D eigenvalue weighted by Gasteiger charge is -2.02. The number of rotatable bonds is 6. The maximum Gasteiger partial charge on any atom is 0.330 e. The van der Waals surface area contributed by atoms with Gasteiger partial charge >= 0.3 is 5.97 Å². The second kappa shape index (κ2) is 7.91. The number of nitrogens with zero attached hydrogens (tertiary/aromatic N) is 1. The van der Waals surface area contributed by atoms with E-state index in [0.717, 1.165) is 11.3 Å². The minimum Gasteiger partial charge on any atom is -0.494 e. The molecule has 0 aromatic heterocycles. The summed E-state index contributed by atoms with van der Waals surface area (Å²) in [7, 11) is 0. The summed E-state index contributed by atoms with van der Waals surface area (Å²) in [6.07, 6.45) is 3.21. The number of carbonyl (C=O) groups is 1. The van der Waals surface area contributed by atoms with Crippen LogP contribution >= 0.6 is 0 Å². The lowest BCUT2D eigenvalue weighted by Crippen LogP contribution is -2.01. The summed E-state index contributed by atoms with van der Waals surface area (Å²) >= 11 is 0. The van der Waals surface area contributed by atoms with E-state index in [1.165, 1.54) is 6.08 Å². The quantitative estimate of drug-likeness (QED) is 0.439. The Hall–Kier alpha value is -2.28. The van der Waals surface area contributed by atoms with Crippen molar-refractivity contribution in [1.29, 1.82) is 5.26 Å². The van der Waals surface area contributed by atoms with Gasteiger partial charge in [0.25, 0.3) is 0 Å². The molecule has 1 aromatic rings. The Balaban J connectivity index is 2.46. The molecule has 0 amide bonds. The average molecular weight is 245 g/mol. The number of esters is 1. The fraction of sp³-hybridized carbons (Fsp3) is 0.286. The van der Waals surface area contributed by atoms with Gasteiger partial charge in [0.15, 0.2) is 0 Å². The van der Waals surface area contributed by atoms with Crippen LogP contribution in [0.1, 0.15) is 18.9 Å².